The highest BCUT2D eigenvalue weighted by atomic mass is 79.9. The van der Waals surface area contributed by atoms with Crippen LogP contribution in [0.25, 0.3) is 6.08 Å². The summed E-state index contributed by atoms with van der Waals surface area (Å²) in [4.78, 5) is 6.28. The van der Waals surface area contributed by atoms with Gasteiger partial charge in [0.15, 0.2) is 9.84 Å². The van der Waals surface area contributed by atoms with E-state index in [1.165, 1.54) is 23.9 Å². The third kappa shape index (κ3) is 4.77. The van der Waals surface area contributed by atoms with Crippen molar-refractivity contribution in [2.45, 2.75) is 15.5 Å². The average Bonchev–Trinajstić information content (AvgIpc) is 2.72. The zero-order valence-corrected chi connectivity index (χ0v) is 20.2. The second kappa shape index (κ2) is 8.78. The van der Waals surface area contributed by atoms with Crippen LogP contribution in [0.2, 0.25) is 0 Å². The highest BCUT2D eigenvalue weighted by Gasteiger charge is 2.21. The van der Waals surface area contributed by atoms with Crippen molar-refractivity contribution in [3.05, 3.63) is 91.5 Å². The first-order chi connectivity index (χ1) is 14.3. The molecule has 0 N–H and O–H groups in total. The second-order valence-electron chi connectivity index (χ2n) is 6.55. The lowest BCUT2D eigenvalue weighted by molar-refractivity contribution is 0.595. The molecule has 0 amide bonds. The molecular weight excluding hydrogens is 553 g/mol. The molecule has 3 aromatic carbocycles. The van der Waals surface area contributed by atoms with E-state index in [0.29, 0.717) is 5.56 Å². The van der Waals surface area contributed by atoms with Crippen molar-refractivity contribution >= 4 is 71.4 Å². The minimum atomic E-state index is -3.56. The fraction of sp³-hybridized carbons (Fsp3) is 0.0455. The Balaban J connectivity index is 1.63. The van der Waals surface area contributed by atoms with Crippen LogP contribution in [0.1, 0.15) is 11.1 Å². The number of rotatable bonds is 4. The molecule has 0 bridgehead atoms. The highest BCUT2D eigenvalue weighted by molar-refractivity contribution is 9.11. The van der Waals surface area contributed by atoms with E-state index >= 15 is 0 Å². The molecule has 0 radical (unpaired) electrons. The molecule has 3 aromatic rings. The summed E-state index contributed by atoms with van der Waals surface area (Å²) in [6.45, 7) is 0. The molecule has 0 spiro atoms. The Bertz CT molecular complexity index is 1270. The van der Waals surface area contributed by atoms with E-state index in [4.69, 9.17) is 0 Å². The van der Waals surface area contributed by atoms with Gasteiger partial charge in [0, 0.05) is 25.0 Å². The maximum Gasteiger partial charge on any atom is 0.182 e. The molecule has 0 fully saturated rings. The van der Waals surface area contributed by atoms with E-state index in [2.05, 4.69) is 36.9 Å². The van der Waals surface area contributed by atoms with Crippen LogP contribution in [0.5, 0.6) is 0 Å². The Morgan fingerprint density at radius 3 is 2.40 bits per heavy atom. The zero-order chi connectivity index (χ0) is 21.3. The SMILES string of the molecule is O=S(=O)(Cc1c(Br)cccc1Br)c1ccc2c(c1)S/C(=C\c1ccc(F)cc1)C=N2. The maximum atomic E-state index is 13.1. The zero-order valence-electron chi connectivity index (χ0n) is 15.3. The van der Waals surface area contributed by atoms with Crippen molar-refractivity contribution in [2.75, 3.05) is 0 Å². The molecule has 8 heteroatoms. The summed E-state index contributed by atoms with van der Waals surface area (Å²) in [7, 11) is -3.56. The quantitative estimate of drug-likeness (QED) is 0.336. The van der Waals surface area contributed by atoms with Gasteiger partial charge >= 0.3 is 0 Å². The summed E-state index contributed by atoms with van der Waals surface area (Å²) in [6, 6.07) is 16.6. The monoisotopic (exact) mass is 565 g/mol. The molecule has 152 valence electrons. The van der Waals surface area contributed by atoms with Crippen LogP contribution in [0.3, 0.4) is 0 Å². The van der Waals surface area contributed by atoms with Crippen LogP contribution in [0.4, 0.5) is 10.1 Å². The fourth-order valence-electron chi connectivity index (χ4n) is 2.90. The van der Waals surface area contributed by atoms with E-state index in [9.17, 15) is 12.8 Å². The Morgan fingerprint density at radius 2 is 1.70 bits per heavy atom. The van der Waals surface area contributed by atoms with E-state index in [0.717, 1.165) is 30.0 Å². The third-order valence-electron chi connectivity index (χ3n) is 4.42. The Morgan fingerprint density at radius 1 is 1.00 bits per heavy atom. The minimum absolute atomic E-state index is 0.125. The lowest BCUT2D eigenvalue weighted by Gasteiger charge is -2.14. The largest absolute Gasteiger partial charge is 0.255 e. The summed E-state index contributed by atoms with van der Waals surface area (Å²) in [5.74, 6) is -0.418. The summed E-state index contributed by atoms with van der Waals surface area (Å²) >= 11 is 8.29. The average molecular weight is 567 g/mol. The molecule has 0 unspecified atom stereocenters. The van der Waals surface area contributed by atoms with Crippen molar-refractivity contribution in [2.24, 2.45) is 4.99 Å². The molecule has 0 saturated heterocycles. The van der Waals surface area contributed by atoms with Crippen LogP contribution < -0.4 is 0 Å². The number of hydrogen-bond acceptors (Lipinski definition) is 4. The number of sulfone groups is 1. The summed E-state index contributed by atoms with van der Waals surface area (Å²) < 4.78 is 40.7. The fourth-order valence-corrected chi connectivity index (χ4v) is 7.02. The number of aliphatic imine (C=N–C) groups is 1. The smallest absolute Gasteiger partial charge is 0.182 e. The Labute approximate surface area is 195 Å². The van der Waals surface area contributed by atoms with Gasteiger partial charge in [-0.15, -0.1) is 0 Å². The molecule has 30 heavy (non-hydrogen) atoms. The van der Waals surface area contributed by atoms with Gasteiger partial charge in [-0.3, -0.25) is 4.99 Å². The molecule has 1 heterocycles. The predicted molar refractivity (Wildman–Crippen MR) is 128 cm³/mol. The number of benzene rings is 3. The van der Waals surface area contributed by atoms with Crippen LogP contribution >= 0.6 is 43.6 Å². The molecule has 0 aromatic heterocycles. The first kappa shape index (κ1) is 21.5. The molecule has 3 nitrogen and oxygen atoms in total. The Kier molecular flexibility index (Phi) is 6.29. The van der Waals surface area contributed by atoms with E-state index in [-0.39, 0.29) is 16.5 Å². The molecule has 0 aliphatic carbocycles. The number of allylic oxidation sites excluding steroid dienone is 1. The highest BCUT2D eigenvalue weighted by Crippen LogP contribution is 2.40. The summed E-state index contributed by atoms with van der Waals surface area (Å²) in [6.07, 6.45) is 3.61. The van der Waals surface area contributed by atoms with E-state index in [1.807, 2.05) is 24.3 Å². The topological polar surface area (TPSA) is 46.5 Å². The Hall–Kier alpha value is -1.74. The number of nitrogens with zero attached hydrogens (tertiary/aromatic N) is 1. The normalized spacial score (nSPS) is 14.7. The molecule has 0 atom stereocenters. The number of hydrogen-bond donors (Lipinski definition) is 0. The van der Waals surface area contributed by atoms with Gasteiger partial charge in [0.1, 0.15) is 5.82 Å². The number of fused-ring (bicyclic) bond motifs is 1. The van der Waals surface area contributed by atoms with Crippen molar-refractivity contribution in [3.8, 4) is 0 Å². The van der Waals surface area contributed by atoms with Gasteiger partial charge in [-0.1, -0.05) is 61.8 Å². The van der Waals surface area contributed by atoms with Crippen LogP contribution in [-0.4, -0.2) is 14.6 Å². The van der Waals surface area contributed by atoms with Gasteiger partial charge in [-0.2, -0.15) is 0 Å². The maximum absolute atomic E-state index is 13.1. The van der Waals surface area contributed by atoms with Gasteiger partial charge < -0.3 is 0 Å². The molecule has 1 aliphatic heterocycles. The van der Waals surface area contributed by atoms with Crippen LogP contribution in [0, 0.1) is 5.82 Å². The third-order valence-corrected chi connectivity index (χ3v) is 8.56. The van der Waals surface area contributed by atoms with Gasteiger partial charge in [-0.05, 0) is 59.7 Å². The lowest BCUT2D eigenvalue weighted by atomic mass is 10.2. The van der Waals surface area contributed by atoms with Crippen molar-refractivity contribution in [3.63, 3.8) is 0 Å². The first-order valence-electron chi connectivity index (χ1n) is 8.81. The molecule has 1 aliphatic rings. The predicted octanol–water partition coefficient (Wildman–Crippen LogP) is 7.17. The van der Waals surface area contributed by atoms with E-state index in [1.54, 1.807) is 36.5 Å². The summed E-state index contributed by atoms with van der Waals surface area (Å²) in [5.41, 5.74) is 2.24. The molecule has 4 rings (SSSR count). The first-order valence-corrected chi connectivity index (χ1v) is 12.9. The second-order valence-corrected chi connectivity index (χ2v) is 11.4. The molecular formula is C22H14Br2FNO2S2. The standard InChI is InChI=1S/C22H14Br2FNO2S2/c23-19-2-1-3-20(24)18(19)13-30(27,28)17-8-9-21-22(11-17)29-16(12-26-21)10-14-4-6-15(25)7-5-14/h1-12H,13H2/b16-10-. The van der Waals surface area contributed by atoms with Crippen molar-refractivity contribution in [1.29, 1.82) is 0 Å². The van der Waals surface area contributed by atoms with Crippen LogP contribution in [0.15, 0.2) is 89.3 Å². The molecule has 0 saturated carbocycles. The minimum Gasteiger partial charge on any atom is -0.255 e. The lowest BCUT2D eigenvalue weighted by Crippen LogP contribution is -2.06. The van der Waals surface area contributed by atoms with Crippen molar-refractivity contribution in [1.82, 2.24) is 0 Å². The number of halogens is 3. The van der Waals surface area contributed by atoms with Crippen molar-refractivity contribution < 1.29 is 12.8 Å². The van der Waals surface area contributed by atoms with Gasteiger partial charge in [-0.25, -0.2) is 12.8 Å². The van der Waals surface area contributed by atoms with E-state index < -0.39 is 9.84 Å². The number of thioether (sulfide) groups is 1. The van der Waals surface area contributed by atoms with Gasteiger partial charge in [0.2, 0.25) is 0 Å². The van der Waals surface area contributed by atoms with Gasteiger partial charge in [0.25, 0.3) is 0 Å². The summed E-state index contributed by atoms with van der Waals surface area (Å²) in [5, 5.41) is 0. The van der Waals surface area contributed by atoms with Gasteiger partial charge in [0.05, 0.1) is 16.3 Å². The van der Waals surface area contributed by atoms with Crippen LogP contribution in [-0.2, 0) is 15.6 Å².